The number of rotatable bonds is 14. The molecule has 1 aromatic rings. The number of benzene rings is 1. The average molecular weight is 433 g/mol. The van der Waals surface area contributed by atoms with Gasteiger partial charge in [-0.15, -0.1) is 6.58 Å². The molecule has 1 aliphatic rings. The number of aliphatic hydroxyl groups excluding tert-OH is 1. The van der Waals surface area contributed by atoms with E-state index in [1.54, 1.807) is 20.3 Å². The van der Waals surface area contributed by atoms with Gasteiger partial charge in [-0.05, 0) is 37.5 Å². The quantitative estimate of drug-likeness (QED) is 0.351. The van der Waals surface area contributed by atoms with E-state index in [2.05, 4.69) is 19.6 Å². The fourth-order valence-electron chi connectivity index (χ4n) is 3.33. The Labute approximate surface area is 186 Å². The van der Waals surface area contributed by atoms with Crippen molar-refractivity contribution in [3.05, 3.63) is 66.3 Å². The van der Waals surface area contributed by atoms with Crippen LogP contribution in [0.2, 0.25) is 0 Å². The third-order valence-electron chi connectivity index (χ3n) is 5.12. The fraction of sp³-hybridized carbons (Fsp3) is 0.520. The highest BCUT2D eigenvalue weighted by Gasteiger charge is 2.23. The van der Waals surface area contributed by atoms with E-state index in [0.717, 1.165) is 17.7 Å². The molecule has 0 bridgehead atoms. The molecule has 0 aliphatic carbocycles. The largest absolute Gasteiger partial charge is 0.497 e. The van der Waals surface area contributed by atoms with E-state index in [1.165, 1.54) is 5.57 Å². The molecule has 172 valence electrons. The average Bonchev–Trinajstić information content (AvgIpc) is 2.78. The molecular weight excluding hydrogens is 396 g/mol. The number of methoxy groups -OCH3 is 2. The molecule has 0 unspecified atom stereocenters. The van der Waals surface area contributed by atoms with Crippen LogP contribution in [0.15, 0.2) is 60.7 Å². The van der Waals surface area contributed by atoms with Crippen molar-refractivity contribution in [3.63, 3.8) is 0 Å². The standard InChI is InChI=1S/C25H36O6/c1-5-6-22(31-18-27-3)16-24(26)25(12-11-23-15-19(2)13-14-29-23)30-17-20-7-9-21(28-4)10-8-20/h5,7-13,22-26H,1,6,14-18H2,2-4H3/b12-11+/t22-,23+,24-,25-/m0/s1. The predicted octanol–water partition coefficient (Wildman–Crippen LogP) is 4.19. The molecule has 0 fully saturated rings. The summed E-state index contributed by atoms with van der Waals surface area (Å²) in [5.74, 6) is 0.792. The van der Waals surface area contributed by atoms with E-state index in [-0.39, 0.29) is 19.0 Å². The zero-order valence-corrected chi connectivity index (χ0v) is 18.9. The van der Waals surface area contributed by atoms with Crippen molar-refractivity contribution >= 4 is 0 Å². The minimum Gasteiger partial charge on any atom is -0.497 e. The molecule has 2 rings (SSSR count). The molecule has 1 aromatic carbocycles. The van der Waals surface area contributed by atoms with Crippen molar-refractivity contribution in [2.45, 2.75) is 57.2 Å². The van der Waals surface area contributed by atoms with Crippen molar-refractivity contribution in [2.24, 2.45) is 0 Å². The van der Waals surface area contributed by atoms with Gasteiger partial charge in [0.25, 0.3) is 0 Å². The maximum Gasteiger partial charge on any atom is 0.146 e. The molecule has 6 heteroatoms. The molecular formula is C25H36O6. The second-order valence-electron chi connectivity index (χ2n) is 7.66. The van der Waals surface area contributed by atoms with Gasteiger partial charge in [0, 0.05) is 13.5 Å². The predicted molar refractivity (Wildman–Crippen MR) is 121 cm³/mol. The molecule has 31 heavy (non-hydrogen) atoms. The van der Waals surface area contributed by atoms with Crippen LogP contribution >= 0.6 is 0 Å². The van der Waals surface area contributed by atoms with Crippen LogP contribution in [0, 0.1) is 0 Å². The van der Waals surface area contributed by atoms with Gasteiger partial charge in [-0.25, -0.2) is 0 Å². The molecule has 6 nitrogen and oxygen atoms in total. The van der Waals surface area contributed by atoms with Gasteiger partial charge in [0.2, 0.25) is 0 Å². The van der Waals surface area contributed by atoms with E-state index in [4.69, 9.17) is 23.7 Å². The lowest BCUT2D eigenvalue weighted by molar-refractivity contribution is -0.0975. The van der Waals surface area contributed by atoms with Crippen LogP contribution in [0.1, 0.15) is 31.7 Å². The molecule has 0 radical (unpaired) electrons. The summed E-state index contributed by atoms with van der Waals surface area (Å²) in [5, 5.41) is 10.9. The van der Waals surface area contributed by atoms with Gasteiger partial charge < -0.3 is 28.8 Å². The summed E-state index contributed by atoms with van der Waals surface area (Å²) in [6.45, 7) is 7.01. The van der Waals surface area contributed by atoms with Crippen molar-refractivity contribution in [3.8, 4) is 5.75 Å². The minimum absolute atomic E-state index is 0.0157. The van der Waals surface area contributed by atoms with Gasteiger partial charge in [-0.2, -0.15) is 0 Å². The Morgan fingerprint density at radius 3 is 2.65 bits per heavy atom. The number of ether oxygens (including phenoxy) is 5. The van der Waals surface area contributed by atoms with E-state index < -0.39 is 12.2 Å². The number of hydrogen-bond donors (Lipinski definition) is 1. The van der Waals surface area contributed by atoms with E-state index in [0.29, 0.717) is 26.1 Å². The smallest absolute Gasteiger partial charge is 0.146 e. The summed E-state index contributed by atoms with van der Waals surface area (Å²) >= 11 is 0. The first kappa shape index (κ1) is 25.3. The zero-order chi connectivity index (χ0) is 22.5. The van der Waals surface area contributed by atoms with Crippen LogP contribution in [0.4, 0.5) is 0 Å². The molecule has 0 spiro atoms. The highest BCUT2D eigenvalue weighted by atomic mass is 16.7. The monoisotopic (exact) mass is 432 g/mol. The lowest BCUT2D eigenvalue weighted by Gasteiger charge is -2.26. The normalized spacial score (nSPS) is 19.6. The zero-order valence-electron chi connectivity index (χ0n) is 18.9. The summed E-state index contributed by atoms with van der Waals surface area (Å²) in [4.78, 5) is 0. The first-order valence-corrected chi connectivity index (χ1v) is 10.6. The second kappa shape index (κ2) is 14.2. The highest BCUT2D eigenvalue weighted by Crippen LogP contribution is 2.20. The maximum atomic E-state index is 10.9. The van der Waals surface area contributed by atoms with Gasteiger partial charge in [0.1, 0.15) is 18.6 Å². The van der Waals surface area contributed by atoms with Crippen LogP contribution in [0.5, 0.6) is 5.75 Å². The topological polar surface area (TPSA) is 66.4 Å². The first-order chi connectivity index (χ1) is 15.0. The van der Waals surface area contributed by atoms with E-state index >= 15 is 0 Å². The van der Waals surface area contributed by atoms with Crippen molar-refractivity contribution < 1.29 is 28.8 Å². The molecule has 4 atom stereocenters. The van der Waals surface area contributed by atoms with Crippen molar-refractivity contribution in [1.82, 2.24) is 0 Å². The summed E-state index contributed by atoms with van der Waals surface area (Å²) in [6.07, 6.45) is 8.13. The Hall–Kier alpha value is -1.96. The Morgan fingerprint density at radius 2 is 2.00 bits per heavy atom. The molecule has 0 aromatic heterocycles. The molecule has 0 amide bonds. The highest BCUT2D eigenvalue weighted by molar-refractivity contribution is 5.26. The van der Waals surface area contributed by atoms with Crippen LogP contribution < -0.4 is 4.74 Å². The third-order valence-corrected chi connectivity index (χ3v) is 5.12. The van der Waals surface area contributed by atoms with Crippen molar-refractivity contribution in [1.29, 1.82) is 0 Å². The van der Waals surface area contributed by atoms with Crippen LogP contribution in [-0.2, 0) is 25.6 Å². The van der Waals surface area contributed by atoms with Gasteiger partial charge in [0.15, 0.2) is 0 Å². The molecule has 1 heterocycles. The molecule has 1 aliphatic heterocycles. The van der Waals surface area contributed by atoms with Gasteiger partial charge in [0.05, 0.1) is 38.6 Å². The third kappa shape index (κ3) is 9.37. The van der Waals surface area contributed by atoms with Crippen molar-refractivity contribution in [2.75, 3.05) is 27.6 Å². The molecule has 0 saturated carbocycles. The molecule has 0 saturated heterocycles. The Balaban J connectivity index is 2.05. The summed E-state index contributed by atoms with van der Waals surface area (Å²) in [7, 11) is 3.21. The minimum atomic E-state index is -0.753. The van der Waals surface area contributed by atoms with Crippen LogP contribution in [-0.4, -0.2) is 57.1 Å². The van der Waals surface area contributed by atoms with Crippen LogP contribution in [0.3, 0.4) is 0 Å². The Bertz CT molecular complexity index is 696. The number of aliphatic hydroxyl groups is 1. The first-order valence-electron chi connectivity index (χ1n) is 10.6. The second-order valence-corrected chi connectivity index (χ2v) is 7.66. The lowest BCUT2D eigenvalue weighted by atomic mass is 10.0. The van der Waals surface area contributed by atoms with Gasteiger partial charge >= 0.3 is 0 Å². The summed E-state index contributed by atoms with van der Waals surface area (Å²) in [5.41, 5.74) is 2.30. The lowest BCUT2D eigenvalue weighted by Crippen LogP contribution is -2.32. The van der Waals surface area contributed by atoms with Gasteiger partial charge in [-0.3, -0.25) is 0 Å². The number of hydrogen-bond acceptors (Lipinski definition) is 6. The van der Waals surface area contributed by atoms with Crippen LogP contribution in [0.25, 0.3) is 0 Å². The fourth-order valence-corrected chi connectivity index (χ4v) is 3.33. The van der Waals surface area contributed by atoms with Gasteiger partial charge in [-0.1, -0.05) is 42.0 Å². The Morgan fingerprint density at radius 1 is 1.23 bits per heavy atom. The molecule has 1 N–H and O–H groups in total. The maximum absolute atomic E-state index is 10.9. The van der Waals surface area contributed by atoms with E-state index in [9.17, 15) is 5.11 Å². The SMILES string of the molecule is C=CC[C@@H](C[C@H](O)[C@H](/C=C/[C@@H]1CC(C)=CCO1)OCc1ccc(OC)cc1)OCOC. The summed E-state index contributed by atoms with van der Waals surface area (Å²) in [6, 6.07) is 7.69. The van der Waals surface area contributed by atoms with E-state index in [1.807, 2.05) is 36.4 Å². The Kier molecular flexibility index (Phi) is 11.6. The summed E-state index contributed by atoms with van der Waals surface area (Å²) < 4.78 is 27.8.